The number of carbonyl (C=O) groups excluding carboxylic acids is 2. The first-order valence-electron chi connectivity index (χ1n) is 11.2. The van der Waals surface area contributed by atoms with Crippen molar-refractivity contribution < 1.29 is 19.1 Å². The van der Waals surface area contributed by atoms with Gasteiger partial charge in [-0.3, -0.25) is 4.79 Å². The molecule has 0 saturated carbocycles. The highest BCUT2D eigenvalue weighted by molar-refractivity contribution is 6.30. The number of carbonyl (C=O) groups is 2. The summed E-state index contributed by atoms with van der Waals surface area (Å²) in [4.78, 5) is 24.7. The SMILES string of the molecule is Cc1ccc(COc2ccc(C(=O)NN=Cc3cccc(OC(=O)c4ccc(Cl)cc4)c3)cc2)cc1. The fraction of sp³-hybridized carbons (Fsp3) is 0.0690. The van der Waals surface area contributed by atoms with Gasteiger partial charge in [0.15, 0.2) is 0 Å². The van der Waals surface area contributed by atoms with Gasteiger partial charge in [-0.25, -0.2) is 10.2 Å². The molecule has 0 radical (unpaired) electrons. The molecule has 0 aliphatic carbocycles. The molecule has 7 heteroatoms. The van der Waals surface area contributed by atoms with E-state index in [2.05, 4.69) is 10.5 Å². The highest BCUT2D eigenvalue weighted by Gasteiger charge is 2.09. The summed E-state index contributed by atoms with van der Waals surface area (Å²) >= 11 is 5.85. The van der Waals surface area contributed by atoms with Crippen LogP contribution < -0.4 is 14.9 Å². The van der Waals surface area contributed by atoms with E-state index in [0.717, 1.165) is 5.56 Å². The number of aryl methyl sites for hydroxylation is 1. The first-order chi connectivity index (χ1) is 17.5. The molecule has 0 bridgehead atoms. The van der Waals surface area contributed by atoms with Crippen molar-refractivity contribution in [3.8, 4) is 11.5 Å². The van der Waals surface area contributed by atoms with Crippen molar-refractivity contribution in [2.24, 2.45) is 5.10 Å². The molecule has 4 aromatic carbocycles. The predicted octanol–water partition coefficient (Wildman–Crippen LogP) is 6.21. The van der Waals surface area contributed by atoms with E-state index < -0.39 is 5.97 Å². The van der Waals surface area contributed by atoms with Gasteiger partial charge >= 0.3 is 5.97 Å². The van der Waals surface area contributed by atoms with Gasteiger partial charge in [0.2, 0.25) is 0 Å². The van der Waals surface area contributed by atoms with Crippen molar-refractivity contribution >= 4 is 29.7 Å². The monoisotopic (exact) mass is 498 g/mol. The van der Waals surface area contributed by atoms with E-state index >= 15 is 0 Å². The quantitative estimate of drug-likeness (QED) is 0.135. The average Bonchev–Trinajstić information content (AvgIpc) is 2.89. The van der Waals surface area contributed by atoms with Gasteiger partial charge in [-0.2, -0.15) is 5.10 Å². The van der Waals surface area contributed by atoms with Crippen LogP contribution >= 0.6 is 11.6 Å². The molecule has 0 heterocycles. The molecule has 4 aromatic rings. The summed E-state index contributed by atoms with van der Waals surface area (Å²) in [5.41, 5.74) is 6.24. The highest BCUT2D eigenvalue weighted by atomic mass is 35.5. The Hall–Kier alpha value is -4.42. The molecule has 0 aliphatic rings. The van der Waals surface area contributed by atoms with E-state index in [0.29, 0.717) is 39.8 Å². The van der Waals surface area contributed by atoms with Crippen LogP contribution in [0.1, 0.15) is 37.4 Å². The Morgan fingerprint density at radius 3 is 2.28 bits per heavy atom. The number of esters is 1. The summed E-state index contributed by atoms with van der Waals surface area (Å²) < 4.78 is 11.2. The second kappa shape index (κ2) is 11.8. The van der Waals surface area contributed by atoms with Gasteiger partial charge in [0.05, 0.1) is 11.8 Å². The molecule has 0 saturated heterocycles. The zero-order valence-corrected chi connectivity index (χ0v) is 20.2. The maximum Gasteiger partial charge on any atom is 0.343 e. The number of amides is 1. The summed E-state index contributed by atoms with van der Waals surface area (Å²) in [5.74, 6) is 0.161. The molecule has 6 nitrogen and oxygen atoms in total. The average molecular weight is 499 g/mol. The molecule has 0 spiro atoms. The molecule has 1 N–H and O–H groups in total. The molecule has 1 amide bonds. The van der Waals surface area contributed by atoms with Crippen LogP contribution in [0, 0.1) is 6.92 Å². The molecule has 36 heavy (non-hydrogen) atoms. The molecule has 0 aliphatic heterocycles. The predicted molar refractivity (Wildman–Crippen MR) is 140 cm³/mol. The summed E-state index contributed by atoms with van der Waals surface area (Å²) in [6, 6.07) is 28.2. The number of benzene rings is 4. The standard InChI is InChI=1S/C29H23ClN2O4/c1-20-5-7-21(8-6-20)19-35-26-15-11-23(12-16-26)28(33)32-31-18-22-3-2-4-27(17-22)36-29(34)24-9-13-25(30)14-10-24/h2-18H,19H2,1H3,(H,32,33). The lowest BCUT2D eigenvalue weighted by molar-refractivity contribution is 0.0734. The van der Waals surface area contributed by atoms with Gasteiger partial charge in [0, 0.05) is 10.6 Å². The smallest absolute Gasteiger partial charge is 0.343 e. The van der Waals surface area contributed by atoms with E-state index in [1.165, 1.54) is 11.8 Å². The normalized spacial score (nSPS) is 10.7. The number of hydrogen-bond acceptors (Lipinski definition) is 5. The largest absolute Gasteiger partial charge is 0.489 e. The Bertz CT molecular complexity index is 1370. The van der Waals surface area contributed by atoms with Gasteiger partial charge in [0.25, 0.3) is 5.91 Å². The lowest BCUT2D eigenvalue weighted by atomic mass is 10.2. The number of rotatable bonds is 8. The molecule has 0 aromatic heterocycles. The van der Waals surface area contributed by atoms with Crippen molar-refractivity contribution in [2.75, 3.05) is 0 Å². The Labute approximate surface area is 214 Å². The van der Waals surface area contributed by atoms with Crippen LogP contribution in [0.4, 0.5) is 0 Å². The fourth-order valence-corrected chi connectivity index (χ4v) is 3.32. The van der Waals surface area contributed by atoms with E-state index in [4.69, 9.17) is 21.1 Å². The fourth-order valence-electron chi connectivity index (χ4n) is 3.19. The Morgan fingerprint density at radius 2 is 1.56 bits per heavy atom. The number of hydrogen-bond donors (Lipinski definition) is 1. The highest BCUT2D eigenvalue weighted by Crippen LogP contribution is 2.17. The van der Waals surface area contributed by atoms with E-state index in [1.807, 2.05) is 31.2 Å². The third kappa shape index (κ3) is 7.04. The van der Waals surface area contributed by atoms with E-state index in [1.54, 1.807) is 72.8 Å². The summed E-state index contributed by atoms with van der Waals surface area (Å²) in [6.45, 7) is 2.49. The van der Waals surface area contributed by atoms with Gasteiger partial charge < -0.3 is 9.47 Å². The topological polar surface area (TPSA) is 77.0 Å². The van der Waals surface area contributed by atoms with Gasteiger partial charge in [-0.05, 0) is 78.7 Å². The maximum atomic E-state index is 12.4. The third-order valence-electron chi connectivity index (χ3n) is 5.17. The van der Waals surface area contributed by atoms with Crippen molar-refractivity contribution in [3.63, 3.8) is 0 Å². The summed E-state index contributed by atoms with van der Waals surface area (Å²) in [7, 11) is 0. The van der Waals surface area contributed by atoms with E-state index in [9.17, 15) is 9.59 Å². The Kier molecular flexibility index (Phi) is 8.11. The first kappa shape index (κ1) is 24.7. The number of hydrazone groups is 1. The summed E-state index contributed by atoms with van der Waals surface area (Å²) in [6.07, 6.45) is 1.47. The third-order valence-corrected chi connectivity index (χ3v) is 5.42. The van der Waals surface area contributed by atoms with Gasteiger partial charge in [0.1, 0.15) is 18.1 Å². The minimum Gasteiger partial charge on any atom is -0.489 e. The van der Waals surface area contributed by atoms with Crippen LogP contribution in [0.15, 0.2) is 102 Å². The molecule has 0 atom stereocenters. The number of nitrogens with zero attached hydrogens (tertiary/aromatic N) is 1. The number of ether oxygens (including phenoxy) is 2. The molecular weight excluding hydrogens is 476 g/mol. The zero-order valence-electron chi connectivity index (χ0n) is 19.5. The minimum atomic E-state index is -0.500. The van der Waals surface area contributed by atoms with Crippen LogP contribution in [0.25, 0.3) is 0 Å². The second-order valence-electron chi connectivity index (χ2n) is 7.97. The van der Waals surface area contributed by atoms with E-state index in [-0.39, 0.29) is 5.91 Å². The molecular formula is C29H23ClN2O4. The Balaban J connectivity index is 1.29. The molecule has 4 rings (SSSR count). The van der Waals surface area contributed by atoms with Crippen LogP contribution in [-0.4, -0.2) is 18.1 Å². The Morgan fingerprint density at radius 1 is 0.861 bits per heavy atom. The van der Waals surface area contributed by atoms with Crippen molar-refractivity contribution in [3.05, 3.63) is 130 Å². The zero-order chi connectivity index (χ0) is 25.3. The molecule has 0 fully saturated rings. The number of nitrogens with one attached hydrogen (secondary N) is 1. The van der Waals surface area contributed by atoms with Crippen LogP contribution in [0.3, 0.4) is 0 Å². The maximum absolute atomic E-state index is 12.4. The van der Waals surface area contributed by atoms with Gasteiger partial charge in [-0.1, -0.05) is 53.6 Å². The van der Waals surface area contributed by atoms with Crippen LogP contribution in [0.5, 0.6) is 11.5 Å². The lowest BCUT2D eigenvalue weighted by Crippen LogP contribution is -2.17. The number of halogens is 1. The lowest BCUT2D eigenvalue weighted by Gasteiger charge is -2.07. The molecule has 0 unspecified atom stereocenters. The minimum absolute atomic E-state index is 0.353. The van der Waals surface area contributed by atoms with Crippen LogP contribution in [-0.2, 0) is 6.61 Å². The second-order valence-corrected chi connectivity index (χ2v) is 8.40. The van der Waals surface area contributed by atoms with Crippen molar-refractivity contribution in [1.82, 2.24) is 5.43 Å². The molecule has 180 valence electrons. The van der Waals surface area contributed by atoms with Gasteiger partial charge in [-0.15, -0.1) is 0 Å². The van der Waals surface area contributed by atoms with Crippen LogP contribution in [0.2, 0.25) is 5.02 Å². The first-order valence-corrected chi connectivity index (χ1v) is 11.5. The van der Waals surface area contributed by atoms with Crippen molar-refractivity contribution in [1.29, 1.82) is 0 Å². The van der Waals surface area contributed by atoms with Crippen molar-refractivity contribution in [2.45, 2.75) is 13.5 Å². The summed E-state index contributed by atoms with van der Waals surface area (Å²) in [5, 5.41) is 4.54.